The van der Waals surface area contributed by atoms with E-state index in [0.29, 0.717) is 5.88 Å². The topological polar surface area (TPSA) is 30.7 Å². The molecule has 4 heteroatoms. The summed E-state index contributed by atoms with van der Waals surface area (Å²) in [5.74, 6) is 3.32. The van der Waals surface area contributed by atoms with Gasteiger partial charge in [0, 0.05) is 25.0 Å². The lowest BCUT2D eigenvalue weighted by Crippen LogP contribution is -2.20. The van der Waals surface area contributed by atoms with Crippen LogP contribution in [-0.2, 0) is 13.0 Å². The van der Waals surface area contributed by atoms with Gasteiger partial charge < -0.3 is 4.57 Å². The molecule has 3 rings (SSSR count). The van der Waals surface area contributed by atoms with E-state index in [4.69, 9.17) is 16.6 Å². The average molecular weight is 292 g/mol. The van der Waals surface area contributed by atoms with E-state index >= 15 is 0 Å². The summed E-state index contributed by atoms with van der Waals surface area (Å²) in [6, 6.07) is 3.99. The number of halogens is 1. The number of pyridine rings is 1. The van der Waals surface area contributed by atoms with Gasteiger partial charge in [0.2, 0.25) is 0 Å². The van der Waals surface area contributed by atoms with Gasteiger partial charge in [0.1, 0.15) is 11.3 Å². The molecule has 1 aliphatic carbocycles. The third-order valence-corrected chi connectivity index (χ3v) is 4.58. The first-order valence-corrected chi connectivity index (χ1v) is 8.17. The van der Waals surface area contributed by atoms with Crippen molar-refractivity contribution in [1.82, 2.24) is 14.5 Å². The van der Waals surface area contributed by atoms with Gasteiger partial charge in [-0.05, 0) is 36.8 Å². The van der Waals surface area contributed by atoms with Crippen LogP contribution in [0.2, 0.25) is 0 Å². The largest absolute Gasteiger partial charge is 0.312 e. The maximum absolute atomic E-state index is 5.93. The molecular formula is C16H22ClN3. The summed E-state index contributed by atoms with van der Waals surface area (Å²) in [4.78, 5) is 9.23. The van der Waals surface area contributed by atoms with Gasteiger partial charge >= 0.3 is 0 Å². The number of nitrogens with zero attached hydrogens (tertiary/aromatic N) is 3. The molecule has 2 unspecified atom stereocenters. The van der Waals surface area contributed by atoms with Crippen molar-refractivity contribution in [3.05, 3.63) is 24.2 Å². The molecule has 0 amide bonds. The van der Waals surface area contributed by atoms with Gasteiger partial charge in [0.15, 0.2) is 5.65 Å². The van der Waals surface area contributed by atoms with E-state index in [9.17, 15) is 0 Å². The monoisotopic (exact) mass is 291 g/mol. The van der Waals surface area contributed by atoms with Crippen LogP contribution < -0.4 is 0 Å². The summed E-state index contributed by atoms with van der Waals surface area (Å²) in [7, 11) is 0. The van der Waals surface area contributed by atoms with Crippen LogP contribution in [-0.4, -0.2) is 20.4 Å². The number of alkyl halides is 1. The Morgan fingerprint density at radius 3 is 3.10 bits per heavy atom. The second-order valence-corrected chi connectivity index (χ2v) is 6.44. The van der Waals surface area contributed by atoms with Crippen molar-refractivity contribution < 1.29 is 0 Å². The van der Waals surface area contributed by atoms with Gasteiger partial charge in [0.05, 0.1) is 0 Å². The van der Waals surface area contributed by atoms with E-state index in [0.717, 1.165) is 41.8 Å². The molecule has 0 radical (unpaired) electrons. The molecule has 3 nitrogen and oxygen atoms in total. The molecule has 2 atom stereocenters. The van der Waals surface area contributed by atoms with Crippen molar-refractivity contribution in [2.75, 3.05) is 5.88 Å². The van der Waals surface area contributed by atoms with E-state index in [-0.39, 0.29) is 0 Å². The second kappa shape index (κ2) is 6.13. The number of aromatic nitrogens is 3. The maximum atomic E-state index is 5.93. The average Bonchev–Trinajstić information content (AvgIpc) is 2.78. The van der Waals surface area contributed by atoms with Crippen molar-refractivity contribution in [3.8, 4) is 0 Å². The third-order valence-electron chi connectivity index (χ3n) is 4.39. The molecular weight excluding hydrogens is 270 g/mol. The van der Waals surface area contributed by atoms with E-state index in [2.05, 4.69) is 16.5 Å². The fourth-order valence-corrected chi connectivity index (χ4v) is 3.63. The molecule has 0 spiro atoms. The van der Waals surface area contributed by atoms with Crippen LogP contribution in [0.3, 0.4) is 0 Å². The number of imidazole rings is 1. The summed E-state index contributed by atoms with van der Waals surface area (Å²) in [6.07, 6.45) is 8.07. The van der Waals surface area contributed by atoms with E-state index in [1.807, 2.05) is 18.3 Å². The van der Waals surface area contributed by atoms with Crippen molar-refractivity contribution in [2.45, 2.75) is 45.6 Å². The van der Waals surface area contributed by atoms with Crippen LogP contribution in [0.4, 0.5) is 0 Å². The van der Waals surface area contributed by atoms with Gasteiger partial charge in [-0.1, -0.05) is 19.8 Å². The van der Waals surface area contributed by atoms with Crippen LogP contribution >= 0.6 is 11.6 Å². The molecule has 1 aliphatic rings. The molecule has 1 fully saturated rings. The molecule has 0 aliphatic heterocycles. The molecule has 0 aromatic carbocycles. The lowest BCUT2D eigenvalue weighted by molar-refractivity contribution is 0.257. The Morgan fingerprint density at radius 1 is 1.40 bits per heavy atom. The summed E-state index contributed by atoms with van der Waals surface area (Å²) in [6.45, 7) is 3.42. The number of fused-ring (bicyclic) bond motifs is 1. The van der Waals surface area contributed by atoms with Crippen molar-refractivity contribution in [2.24, 2.45) is 11.8 Å². The third kappa shape index (κ3) is 2.83. The Bertz CT molecular complexity index is 578. The zero-order valence-electron chi connectivity index (χ0n) is 12.1. The number of hydrogen-bond donors (Lipinski definition) is 0. The van der Waals surface area contributed by atoms with Crippen LogP contribution in [0.1, 0.15) is 38.4 Å². The van der Waals surface area contributed by atoms with E-state index in [1.54, 1.807) is 0 Å². The zero-order chi connectivity index (χ0) is 13.9. The molecule has 1 saturated carbocycles. The minimum absolute atomic E-state index is 0.615. The maximum Gasteiger partial charge on any atom is 0.159 e. The van der Waals surface area contributed by atoms with Crippen molar-refractivity contribution >= 4 is 22.8 Å². The van der Waals surface area contributed by atoms with Gasteiger partial charge in [-0.2, -0.15) is 0 Å². The SMILES string of the molecule is CC1CCCC(Cn2c(CCCl)nc3cccnc32)C1. The lowest BCUT2D eigenvalue weighted by atomic mass is 9.82. The van der Waals surface area contributed by atoms with E-state index in [1.165, 1.54) is 25.7 Å². The molecule has 108 valence electrons. The predicted molar refractivity (Wildman–Crippen MR) is 83.1 cm³/mol. The number of aryl methyl sites for hydroxylation is 1. The smallest absolute Gasteiger partial charge is 0.159 e. The Labute approximate surface area is 125 Å². The summed E-state index contributed by atoms with van der Waals surface area (Å²) < 4.78 is 2.31. The fourth-order valence-electron chi connectivity index (χ4n) is 3.46. The normalized spacial score (nSPS) is 23.3. The first-order valence-electron chi connectivity index (χ1n) is 7.64. The molecule has 2 heterocycles. The number of hydrogen-bond acceptors (Lipinski definition) is 2. The van der Waals surface area contributed by atoms with Gasteiger partial charge in [-0.25, -0.2) is 9.97 Å². The van der Waals surface area contributed by atoms with Gasteiger partial charge in [-0.3, -0.25) is 0 Å². The molecule has 0 N–H and O–H groups in total. The van der Waals surface area contributed by atoms with Crippen LogP contribution in [0.15, 0.2) is 18.3 Å². The van der Waals surface area contributed by atoms with E-state index < -0.39 is 0 Å². The Kier molecular flexibility index (Phi) is 4.25. The van der Waals surface area contributed by atoms with Crippen molar-refractivity contribution in [3.63, 3.8) is 0 Å². The first-order chi connectivity index (χ1) is 9.78. The molecule has 2 aromatic heterocycles. The summed E-state index contributed by atoms with van der Waals surface area (Å²) in [5.41, 5.74) is 2.02. The molecule has 0 saturated heterocycles. The van der Waals surface area contributed by atoms with Crippen LogP contribution in [0.5, 0.6) is 0 Å². The highest BCUT2D eigenvalue weighted by molar-refractivity contribution is 6.17. The van der Waals surface area contributed by atoms with Gasteiger partial charge in [0.25, 0.3) is 0 Å². The van der Waals surface area contributed by atoms with Crippen molar-refractivity contribution in [1.29, 1.82) is 0 Å². The molecule has 0 bridgehead atoms. The minimum atomic E-state index is 0.615. The quantitative estimate of drug-likeness (QED) is 0.796. The fraction of sp³-hybridized carbons (Fsp3) is 0.625. The summed E-state index contributed by atoms with van der Waals surface area (Å²) in [5, 5.41) is 0. The van der Waals surface area contributed by atoms with Gasteiger partial charge in [-0.15, -0.1) is 11.6 Å². The Balaban J connectivity index is 1.90. The highest BCUT2D eigenvalue weighted by atomic mass is 35.5. The Morgan fingerprint density at radius 2 is 2.30 bits per heavy atom. The highest BCUT2D eigenvalue weighted by Gasteiger charge is 2.21. The zero-order valence-corrected chi connectivity index (χ0v) is 12.8. The number of rotatable bonds is 4. The second-order valence-electron chi connectivity index (χ2n) is 6.06. The predicted octanol–water partition coefficient (Wildman–Crippen LogP) is 4.04. The standard InChI is InChI=1S/C16H22ClN3/c1-12-4-2-5-13(10-12)11-20-15(7-8-17)19-14-6-3-9-18-16(14)20/h3,6,9,12-13H,2,4-5,7-8,10-11H2,1H3. The van der Waals surface area contributed by atoms with Crippen LogP contribution in [0.25, 0.3) is 11.2 Å². The first kappa shape index (κ1) is 13.9. The highest BCUT2D eigenvalue weighted by Crippen LogP contribution is 2.30. The Hall–Kier alpha value is -1.09. The molecule has 2 aromatic rings. The molecule has 20 heavy (non-hydrogen) atoms. The van der Waals surface area contributed by atoms with Crippen LogP contribution in [0, 0.1) is 11.8 Å². The summed E-state index contributed by atoms with van der Waals surface area (Å²) >= 11 is 5.93. The lowest BCUT2D eigenvalue weighted by Gasteiger charge is -2.27. The minimum Gasteiger partial charge on any atom is -0.312 e.